The van der Waals surface area contributed by atoms with E-state index in [2.05, 4.69) is 31.8 Å². The molecule has 29 heavy (non-hydrogen) atoms. The van der Waals surface area contributed by atoms with Crippen LogP contribution in [0.2, 0.25) is 5.02 Å². The van der Waals surface area contributed by atoms with Crippen LogP contribution in [0, 0.1) is 30.1 Å². The molecule has 2 aromatic heterocycles. The molecule has 0 bridgehead atoms. The van der Waals surface area contributed by atoms with Crippen molar-refractivity contribution in [2.75, 3.05) is 25.0 Å². The van der Waals surface area contributed by atoms with Crippen molar-refractivity contribution >= 4 is 23.2 Å². The summed E-state index contributed by atoms with van der Waals surface area (Å²) in [5.74, 6) is 0.497. The number of aryl methyl sites for hydroxylation is 1. The zero-order chi connectivity index (χ0) is 20.4. The minimum absolute atomic E-state index is 0.115. The Kier molecular flexibility index (Phi) is 5.83. The quantitative estimate of drug-likeness (QED) is 0.741. The second-order valence-corrected chi connectivity index (χ2v) is 8.02. The molecule has 2 aromatic rings. The fraction of sp³-hybridized carbons (Fsp3) is 0.579. The molecule has 2 atom stereocenters. The van der Waals surface area contributed by atoms with E-state index in [9.17, 15) is 4.39 Å². The Morgan fingerprint density at radius 3 is 3.07 bits per heavy atom. The molecule has 2 N–H and O–H groups in total. The number of aromatic nitrogens is 4. The van der Waals surface area contributed by atoms with Crippen LogP contribution >= 0.6 is 11.6 Å². The summed E-state index contributed by atoms with van der Waals surface area (Å²) in [6, 6.07) is 2.53. The maximum Gasteiger partial charge on any atom is 0.237 e. The minimum atomic E-state index is -0.942. The van der Waals surface area contributed by atoms with E-state index in [0.717, 1.165) is 30.8 Å². The van der Waals surface area contributed by atoms with E-state index in [1.807, 2.05) is 17.8 Å². The zero-order valence-corrected chi connectivity index (χ0v) is 16.9. The van der Waals surface area contributed by atoms with Crippen LogP contribution in [0.4, 0.5) is 16.0 Å². The molecule has 1 saturated carbocycles. The molecule has 8 nitrogen and oxygen atoms in total. The number of nitrogens with one attached hydrogen (secondary N) is 2. The van der Waals surface area contributed by atoms with Gasteiger partial charge in [-0.2, -0.15) is 15.3 Å². The molecule has 0 spiro atoms. The van der Waals surface area contributed by atoms with Gasteiger partial charge in [0.15, 0.2) is 0 Å². The summed E-state index contributed by atoms with van der Waals surface area (Å²) >= 11 is 6.16. The highest BCUT2D eigenvalue weighted by Gasteiger charge is 2.31. The van der Waals surface area contributed by atoms with Gasteiger partial charge >= 0.3 is 0 Å². The smallest absolute Gasteiger partial charge is 0.237 e. The largest absolute Gasteiger partial charge is 0.476 e. The number of alkyl halides is 1. The van der Waals surface area contributed by atoms with E-state index in [4.69, 9.17) is 21.6 Å². The van der Waals surface area contributed by atoms with Gasteiger partial charge < -0.3 is 15.4 Å². The van der Waals surface area contributed by atoms with E-state index < -0.39 is 6.17 Å². The van der Waals surface area contributed by atoms with Gasteiger partial charge in [0.25, 0.3) is 0 Å². The Labute approximate surface area is 173 Å². The minimum Gasteiger partial charge on any atom is -0.476 e. The number of hydrogen-bond acceptors (Lipinski definition) is 7. The summed E-state index contributed by atoms with van der Waals surface area (Å²) < 4.78 is 21.6. The van der Waals surface area contributed by atoms with Crippen LogP contribution in [0.5, 0.6) is 5.88 Å². The predicted molar refractivity (Wildman–Crippen MR) is 106 cm³/mol. The summed E-state index contributed by atoms with van der Waals surface area (Å²) in [5, 5.41) is 19.9. The first kappa shape index (κ1) is 19.9. The lowest BCUT2D eigenvalue weighted by atomic mass is 9.81. The molecule has 0 aromatic carbocycles. The van der Waals surface area contributed by atoms with E-state index in [0.29, 0.717) is 18.9 Å². The maximum absolute atomic E-state index is 14.0. The van der Waals surface area contributed by atoms with Crippen molar-refractivity contribution < 1.29 is 9.13 Å². The Hall–Kier alpha value is -2.44. The van der Waals surface area contributed by atoms with Crippen molar-refractivity contribution in [3.63, 3.8) is 0 Å². The first-order valence-corrected chi connectivity index (χ1v) is 10.1. The second-order valence-electron chi connectivity index (χ2n) is 7.61. The highest BCUT2D eigenvalue weighted by molar-refractivity contribution is 6.31. The molecular weight excluding hydrogens is 397 g/mol. The molecule has 0 amide bonds. The lowest BCUT2D eigenvalue weighted by Crippen LogP contribution is -2.40. The third-order valence-corrected chi connectivity index (χ3v) is 5.78. The Morgan fingerprint density at radius 2 is 2.31 bits per heavy atom. The lowest BCUT2D eigenvalue weighted by Gasteiger charge is -2.30. The number of anilines is 2. The highest BCUT2D eigenvalue weighted by Crippen LogP contribution is 2.37. The molecule has 2 fully saturated rings. The van der Waals surface area contributed by atoms with Crippen LogP contribution in [0.3, 0.4) is 0 Å². The van der Waals surface area contributed by atoms with Gasteiger partial charge in [-0.3, -0.25) is 4.68 Å². The van der Waals surface area contributed by atoms with Crippen LogP contribution in [0.25, 0.3) is 0 Å². The maximum atomic E-state index is 14.0. The molecule has 1 aliphatic heterocycles. The van der Waals surface area contributed by atoms with E-state index in [-0.39, 0.29) is 35.4 Å². The van der Waals surface area contributed by atoms with Gasteiger partial charge in [0.2, 0.25) is 11.8 Å². The second kappa shape index (κ2) is 8.51. The number of nitrogens with zero attached hydrogens (tertiary/aromatic N) is 5. The van der Waals surface area contributed by atoms with Crippen molar-refractivity contribution in [3.8, 4) is 11.9 Å². The third-order valence-electron chi connectivity index (χ3n) is 5.52. The van der Waals surface area contributed by atoms with Crippen LogP contribution in [0.1, 0.15) is 31.0 Å². The molecule has 1 aliphatic carbocycles. The van der Waals surface area contributed by atoms with Crippen LogP contribution < -0.4 is 15.4 Å². The Bertz CT molecular complexity index is 908. The van der Waals surface area contributed by atoms with Gasteiger partial charge in [-0.15, -0.1) is 0 Å². The van der Waals surface area contributed by atoms with Gasteiger partial charge in [-0.1, -0.05) is 11.6 Å². The van der Waals surface area contributed by atoms with Crippen molar-refractivity contribution in [3.05, 3.63) is 23.1 Å². The Balaban J connectivity index is 1.41. The lowest BCUT2D eigenvalue weighted by molar-refractivity contribution is 0.120. The average Bonchev–Trinajstić information content (AvgIpc) is 3.02. The van der Waals surface area contributed by atoms with E-state index >= 15 is 0 Å². The molecule has 0 radical (unpaired) electrons. The molecule has 2 aliphatic rings. The summed E-state index contributed by atoms with van der Waals surface area (Å²) in [4.78, 5) is 8.54. The average molecular weight is 420 g/mol. The SMILES string of the molecule is Cc1nn(C2CC(C#N)C2)cc1Nc1ncc(Cl)c(OCC2CCNCC2F)n1. The van der Waals surface area contributed by atoms with Crippen LogP contribution in [-0.2, 0) is 0 Å². The van der Waals surface area contributed by atoms with Crippen LogP contribution in [-0.4, -0.2) is 45.6 Å². The standard InChI is InChI=1S/C19H23ClFN7O/c1-11-17(9-28(27-11)14-4-12(5-14)6-22)25-19-24-7-15(20)18(26-19)29-10-13-2-3-23-8-16(13)21/h7,9,12-14,16,23H,2-5,8,10H2,1H3,(H,24,25,26). The fourth-order valence-electron chi connectivity index (χ4n) is 3.58. The van der Waals surface area contributed by atoms with Gasteiger partial charge in [0.1, 0.15) is 11.2 Å². The molecule has 10 heteroatoms. The van der Waals surface area contributed by atoms with E-state index in [1.165, 1.54) is 6.20 Å². The number of hydrogen-bond donors (Lipinski definition) is 2. The number of halogens is 2. The number of rotatable bonds is 6. The first-order chi connectivity index (χ1) is 14.0. The molecule has 2 unspecified atom stereocenters. The normalized spacial score (nSPS) is 26.4. The zero-order valence-electron chi connectivity index (χ0n) is 16.1. The van der Waals surface area contributed by atoms with Crippen molar-refractivity contribution in [2.24, 2.45) is 11.8 Å². The van der Waals surface area contributed by atoms with Gasteiger partial charge in [0, 0.05) is 18.7 Å². The molecular formula is C19H23ClFN7O. The fourth-order valence-corrected chi connectivity index (χ4v) is 3.73. The number of piperidine rings is 1. The van der Waals surface area contributed by atoms with Gasteiger partial charge in [0.05, 0.1) is 42.2 Å². The molecule has 154 valence electrons. The number of nitriles is 1. The summed E-state index contributed by atoms with van der Waals surface area (Å²) in [5.41, 5.74) is 1.59. The van der Waals surface area contributed by atoms with Crippen molar-refractivity contribution in [2.45, 2.75) is 38.4 Å². The summed E-state index contributed by atoms with van der Waals surface area (Å²) in [7, 11) is 0. The molecule has 1 saturated heterocycles. The topological polar surface area (TPSA) is 101 Å². The van der Waals surface area contributed by atoms with E-state index in [1.54, 1.807) is 0 Å². The van der Waals surface area contributed by atoms with Crippen molar-refractivity contribution in [1.82, 2.24) is 25.1 Å². The third kappa shape index (κ3) is 4.43. The Morgan fingerprint density at radius 1 is 1.48 bits per heavy atom. The van der Waals surface area contributed by atoms with Crippen molar-refractivity contribution in [1.29, 1.82) is 5.26 Å². The number of ether oxygens (including phenoxy) is 1. The summed E-state index contributed by atoms with van der Waals surface area (Å²) in [6.07, 6.45) is 4.76. The predicted octanol–water partition coefficient (Wildman–Crippen LogP) is 3.18. The molecule has 3 heterocycles. The first-order valence-electron chi connectivity index (χ1n) is 9.76. The monoisotopic (exact) mass is 419 g/mol. The molecule has 4 rings (SSSR count). The van der Waals surface area contributed by atoms with Gasteiger partial charge in [-0.25, -0.2) is 9.37 Å². The van der Waals surface area contributed by atoms with Crippen LogP contribution in [0.15, 0.2) is 12.4 Å². The van der Waals surface area contributed by atoms with Gasteiger partial charge in [-0.05, 0) is 32.7 Å². The highest BCUT2D eigenvalue weighted by atomic mass is 35.5. The summed E-state index contributed by atoms with van der Waals surface area (Å²) in [6.45, 7) is 3.23.